The summed E-state index contributed by atoms with van der Waals surface area (Å²) in [6, 6.07) is 0. The second-order valence-electron chi connectivity index (χ2n) is 0. The molecule has 0 nitrogen and oxygen atoms in total. The summed E-state index contributed by atoms with van der Waals surface area (Å²) in [5.41, 5.74) is 0. The molecule has 1 radical (unpaired) electrons. The van der Waals surface area contributed by atoms with Crippen molar-refractivity contribution < 1.29 is 29.4 Å². The van der Waals surface area contributed by atoms with Gasteiger partial charge in [0.25, 0.3) is 0 Å². The van der Waals surface area contributed by atoms with Crippen molar-refractivity contribution in [1.82, 2.24) is 0 Å². The average Bonchev–Trinajstić information content (AvgIpc) is 0. The maximum Gasteiger partial charge on any atom is 2.00 e. The van der Waals surface area contributed by atoms with Gasteiger partial charge in [0.1, 0.15) is 0 Å². The minimum Gasteiger partial charge on any atom is -1.00 e. The van der Waals surface area contributed by atoms with Gasteiger partial charge in [-0.2, -0.15) is 0 Å². The van der Waals surface area contributed by atoms with Gasteiger partial charge in [-0.3, -0.25) is 0 Å². The molecular formula is BrClMgNa. The first-order valence-corrected chi connectivity index (χ1v) is 0. The van der Waals surface area contributed by atoms with E-state index < -0.39 is 0 Å². The van der Waals surface area contributed by atoms with Crippen molar-refractivity contribution in [2.45, 2.75) is 0 Å². The van der Waals surface area contributed by atoms with E-state index >= 15 is 0 Å². The number of hydrogen-bond donors (Lipinski definition) is 0. The van der Waals surface area contributed by atoms with Crippen LogP contribution in [0.3, 0.4) is 0 Å². The molecule has 0 aromatic heterocycles. The van der Waals surface area contributed by atoms with Crippen molar-refractivity contribution >= 4 is 52.6 Å². The molecule has 4 heteroatoms. The molecule has 0 bridgehead atoms. The molecule has 0 N–H and O–H groups in total. The van der Waals surface area contributed by atoms with Crippen LogP contribution in [0.25, 0.3) is 0 Å². The summed E-state index contributed by atoms with van der Waals surface area (Å²) in [5, 5.41) is 0. The maximum atomic E-state index is 0. The Hall–Kier alpha value is 2.54. The smallest absolute Gasteiger partial charge is 1.00 e. The predicted octanol–water partition coefficient (Wildman–Crippen LogP) is -6.75. The van der Waals surface area contributed by atoms with Gasteiger partial charge in [-0.25, -0.2) is 0 Å². The molecule has 0 saturated heterocycles. The molecule has 0 spiro atoms. The summed E-state index contributed by atoms with van der Waals surface area (Å²) in [7, 11) is 0. The third kappa shape index (κ3) is 8.82. The zero-order chi connectivity index (χ0) is 0. The summed E-state index contributed by atoms with van der Waals surface area (Å²) >= 11 is 0. The van der Waals surface area contributed by atoms with E-state index in [1.54, 1.807) is 0 Å². The van der Waals surface area contributed by atoms with Gasteiger partial charge in [0, 0.05) is 29.6 Å². The molecule has 0 aromatic carbocycles. The summed E-state index contributed by atoms with van der Waals surface area (Å²) in [4.78, 5) is 0. The van der Waals surface area contributed by atoms with E-state index in [1.165, 1.54) is 0 Å². The van der Waals surface area contributed by atoms with E-state index in [-0.39, 0.29) is 82.0 Å². The van der Waals surface area contributed by atoms with Gasteiger partial charge in [-0.05, 0) is 0 Å². The summed E-state index contributed by atoms with van der Waals surface area (Å²) in [6.07, 6.45) is 0. The van der Waals surface area contributed by atoms with Crippen LogP contribution >= 0.6 is 0 Å². The largest absolute Gasteiger partial charge is 2.00 e. The van der Waals surface area contributed by atoms with Crippen LogP contribution in [0.5, 0.6) is 0 Å². The SMILES string of the molecule is [Br-].[Cl-].[Mg+2].[Na]. The molecule has 0 atom stereocenters. The minimum absolute atomic E-state index is 0. The monoisotopic (exact) mass is 161 g/mol. The normalized spacial score (nSPS) is 0. The zero-order valence-corrected chi connectivity index (χ0v) is 8.22. The van der Waals surface area contributed by atoms with E-state index in [0.29, 0.717) is 0 Å². The van der Waals surface area contributed by atoms with Crippen molar-refractivity contribution in [1.29, 1.82) is 0 Å². The van der Waals surface area contributed by atoms with E-state index in [4.69, 9.17) is 0 Å². The molecule has 0 unspecified atom stereocenters. The maximum absolute atomic E-state index is 0. The average molecular weight is 163 g/mol. The predicted molar refractivity (Wildman–Crippen MR) is 11.5 cm³/mol. The fourth-order valence-electron chi connectivity index (χ4n) is 0. The van der Waals surface area contributed by atoms with Crippen molar-refractivity contribution in [2.24, 2.45) is 0 Å². The Bertz CT molecular complexity index is 8.00. The summed E-state index contributed by atoms with van der Waals surface area (Å²) in [5.74, 6) is 0. The van der Waals surface area contributed by atoms with Crippen LogP contribution in [0, 0.1) is 0 Å². The van der Waals surface area contributed by atoms with Gasteiger partial charge in [-0.1, -0.05) is 0 Å². The zero-order valence-electron chi connectivity index (χ0n) is 2.46. The van der Waals surface area contributed by atoms with E-state index in [1.807, 2.05) is 0 Å². The standard InChI is InChI=1S/BrH.ClH.Mg.Na/h2*1H;;/q;;+2;/p-2. The second kappa shape index (κ2) is 17.7. The first-order valence-electron chi connectivity index (χ1n) is 0. The topological polar surface area (TPSA) is 0 Å². The molecule has 0 heterocycles. The van der Waals surface area contributed by atoms with Crippen LogP contribution < -0.4 is 29.4 Å². The minimum atomic E-state index is 0. The molecule has 0 amide bonds. The van der Waals surface area contributed by atoms with Gasteiger partial charge >= 0.3 is 23.1 Å². The Kier molecular flexibility index (Phi) is 138. The number of hydrogen-bond acceptors (Lipinski definition) is 0. The molecule has 0 aliphatic carbocycles. The third-order valence-electron chi connectivity index (χ3n) is 0. The van der Waals surface area contributed by atoms with Crippen LogP contribution in [0.1, 0.15) is 0 Å². The van der Waals surface area contributed by atoms with Crippen LogP contribution in [-0.2, 0) is 0 Å². The van der Waals surface area contributed by atoms with E-state index in [0.717, 1.165) is 0 Å². The van der Waals surface area contributed by atoms with Crippen molar-refractivity contribution in [2.75, 3.05) is 0 Å². The van der Waals surface area contributed by atoms with Crippen LogP contribution in [0.4, 0.5) is 0 Å². The van der Waals surface area contributed by atoms with Gasteiger partial charge in [0.05, 0.1) is 0 Å². The van der Waals surface area contributed by atoms with Gasteiger partial charge in [0.15, 0.2) is 0 Å². The van der Waals surface area contributed by atoms with Crippen molar-refractivity contribution in [3.63, 3.8) is 0 Å². The Balaban J connectivity index is 0. The van der Waals surface area contributed by atoms with Gasteiger partial charge in [0.2, 0.25) is 0 Å². The van der Waals surface area contributed by atoms with Crippen LogP contribution in [0.15, 0.2) is 0 Å². The molecule has 0 saturated carbocycles. The third-order valence-corrected chi connectivity index (χ3v) is 0. The molecular weight excluding hydrogens is 163 g/mol. The van der Waals surface area contributed by atoms with Gasteiger partial charge < -0.3 is 29.4 Å². The molecule has 0 aromatic rings. The molecule has 4 heavy (non-hydrogen) atoms. The molecule has 0 rings (SSSR count). The van der Waals surface area contributed by atoms with Crippen LogP contribution in [0.2, 0.25) is 0 Å². The van der Waals surface area contributed by atoms with Crippen LogP contribution in [-0.4, -0.2) is 52.6 Å². The first kappa shape index (κ1) is 31.1. The number of halogens is 2. The number of rotatable bonds is 0. The summed E-state index contributed by atoms with van der Waals surface area (Å²) in [6.45, 7) is 0. The van der Waals surface area contributed by atoms with Gasteiger partial charge in [-0.15, -0.1) is 0 Å². The summed E-state index contributed by atoms with van der Waals surface area (Å²) < 4.78 is 0. The fourth-order valence-corrected chi connectivity index (χ4v) is 0. The fraction of sp³-hybridized carbons (Fsp3) is 0. The quantitative estimate of drug-likeness (QED) is 0.311. The Morgan fingerprint density at radius 1 is 1.00 bits per heavy atom. The van der Waals surface area contributed by atoms with E-state index in [9.17, 15) is 0 Å². The first-order chi connectivity index (χ1) is 0. The molecule has 0 aliphatic heterocycles. The second-order valence-corrected chi connectivity index (χ2v) is 0. The Morgan fingerprint density at radius 3 is 1.00 bits per heavy atom. The molecule has 0 fully saturated rings. The Morgan fingerprint density at radius 2 is 1.00 bits per heavy atom. The molecule has 17 valence electrons. The molecule has 0 aliphatic rings. The van der Waals surface area contributed by atoms with Crippen molar-refractivity contribution in [3.8, 4) is 0 Å². The van der Waals surface area contributed by atoms with E-state index in [2.05, 4.69) is 0 Å². The Labute approximate surface area is 80.7 Å². The van der Waals surface area contributed by atoms with Crippen molar-refractivity contribution in [3.05, 3.63) is 0 Å².